The van der Waals surface area contributed by atoms with Gasteiger partial charge in [0.15, 0.2) is 5.11 Å². The number of aromatic nitrogens is 2. The van der Waals surface area contributed by atoms with Crippen molar-refractivity contribution in [2.24, 2.45) is 0 Å². The fourth-order valence-electron chi connectivity index (χ4n) is 4.62. The number of benzene rings is 2. The molecule has 160 valence electrons. The number of thiocarbonyl (C=S) groups is 1. The summed E-state index contributed by atoms with van der Waals surface area (Å²) in [7, 11) is 0. The van der Waals surface area contributed by atoms with Crippen LogP contribution in [0, 0.1) is 13.8 Å². The van der Waals surface area contributed by atoms with Gasteiger partial charge in [-0.15, -0.1) is 0 Å². The van der Waals surface area contributed by atoms with E-state index in [-0.39, 0.29) is 17.8 Å². The smallest absolute Gasteiger partial charge is 0.174 e. The van der Waals surface area contributed by atoms with Crippen LogP contribution in [0.3, 0.4) is 0 Å². The van der Waals surface area contributed by atoms with Crippen LogP contribution in [0.15, 0.2) is 85.1 Å². The van der Waals surface area contributed by atoms with E-state index in [1.165, 1.54) is 5.56 Å². The van der Waals surface area contributed by atoms with E-state index in [0.29, 0.717) is 5.11 Å². The summed E-state index contributed by atoms with van der Waals surface area (Å²) in [5, 5.41) is 13.9. The molecule has 0 amide bonds. The normalized spacial score (nSPS) is 18.1. The molecular weight excluding hydrogens is 416 g/mol. The molecule has 4 aromatic rings. The standard InChI is InChI=1S/C26H24N4OS/c1-17-16-22(18(2)29(17)19-8-4-3-5-9-19)25-24(23-10-6-7-15-27-23)28-26(32)30(25)20-11-13-21(31)14-12-20/h3-16,24-25,31H,1-2H3,(H,28,32)/t24-,25+/m1/s1. The Labute approximate surface area is 193 Å². The van der Waals surface area contributed by atoms with Gasteiger partial charge >= 0.3 is 0 Å². The quantitative estimate of drug-likeness (QED) is 0.418. The first-order valence-electron chi connectivity index (χ1n) is 10.6. The molecule has 2 atom stereocenters. The van der Waals surface area contributed by atoms with Gasteiger partial charge in [0, 0.05) is 29.0 Å². The summed E-state index contributed by atoms with van der Waals surface area (Å²) >= 11 is 5.80. The van der Waals surface area contributed by atoms with Crippen LogP contribution in [0.25, 0.3) is 5.69 Å². The highest BCUT2D eigenvalue weighted by atomic mass is 32.1. The fraction of sp³-hybridized carbons (Fsp3) is 0.154. The van der Waals surface area contributed by atoms with Crippen LogP contribution < -0.4 is 10.2 Å². The van der Waals surface area contributed by atoms with Gasteiger partial charge in [-0.3, -0.25) is 4.98 Å². The van der Waals surface area contributed by atoms with Gasteiger partial charge in [0.25, 0.3) is 0 Å². The van der Waals surface area contributed by atoms with Gasteiger partial charge in [0.05, 0.1) is 17.8 Å². The van der Waals surface area contributed by atoms with E-state index in [1.54, 1.807) is 12.1 Å². The molecule has 0 bridgehead atoms. The molecule has 0 spiro atoms. The maximum absolute atomic E-state index is 9.81. The maximum Gasteiger partial charge on any atom is 0.174 e. The second-order valence-corrected chi connectivity index (χ2v) is 8.40. The van der Waals surface area contributed by atoms with Crippen LogP contribution in [0.1, 0.15) is 34.7 Å². The van der Waals surface area contributed by atoms with E-state index in [9.17, 15) is 5.11 Å². The first-order valence-corrected chi connectivity index (χ1v) is 11.0. The molecule has 0 saturated carbocycles. The van der Waals surface area contributed by atoms with Crippen molar-refractivity contribution in [3.8, 4) is 11.4 Å². The number of phenolic OH excluding ortho intramolecular Hbond substituents is 1. The Morgan fingerprint density at radius 3 is 2.31 bits per heavy atom. The van der Waals surface area contributed by atoms with E-state index in [2.05, 4.69) is 63.9 Å². The van der Waals surface area contributed by atoms with Gasteiger partial charge in [-0.25, -0.2) is 0 Å². The number of hydrogen-bond acceptors (Lipinski definition) is 3. The summed E-state index contributed by atoms with van der Waals surface area (Å²) in [6, 6.07) is 25.5. The lowest BCUT2D eigenvalue weighted by atomic mass is 9.96. The van der Waals surface area contributed by atoms with E-state index in [4.69, 9.17) is 12.2 Å². The lowest BCUT2D eigenvalue weighted by molar-refractivity contribution is 0.475. The summed E-state index contributed by atoms with van der Waals surface area (Å²) in [5.41, 5.74) is 6.50. The number of anilines is 1. The molecule has 1 aliphatic heterocycles. The monoisotopic (exact) mass is 440 g/mol. The molecule has 2 aromatic heterocycles. The van der Waals surface area contributed by atoms with Crippen LogP contribution in [0.2, 0.25) is 0 Å². The average molecular weight is 441 g/mol. The van der Waals surface area contributed by atoms with Crippen molar-refractivity contribution in [3.05, 3.63) is 108 Å². The zero-order chi connectivity index (χ0) is 22.2. The van der Waals surface area contributed by atoms with Gasteiger partial charge < -0.3 is 19.9 Å². The van der Waals surface area contributed by atoms with Gasteiger partial charge in [0.2, 0.25) is 0 Å². The highest BCUT2D eigenvalue weighted by Gasteiger charge is 2.42. The maximum atomic E-state index is 9.81. The third kappa shape index (κ3) is 3.42. The molecule has 6 heteroatoms. The highest BCUT2D eigenvalue weighted by Crippen LogP contribution is 2.43. The molecule has 0 aliphatic carbocycles. The average Bonchev–Trinajstić information content (AvgIpc) is 3.31. The van der Waals surface area contributed by atoms with Crippen LogP contribution in [-0.4, -0.2) is 19.8 Å². The SMILES string of the molecule is Cc1cc([C@H]2[C@@H](c3ccccn3)NC(=S)N2c2ccc(O)cc2)c(C)n1-c1ccccc1. The van der Waals surface area contributed by atoms with Crippen molar-refractivity contribution in [2.45, 2.75) is 25.9 Å². The molecule has 1 saturated heterocycles. The van der Waals surface area contributed by atoms with Crippen molar-refractivity contribution in [1.29, 1.82) is 0 Å². The molecule has 1 aliphatic rings. The van der Waals surface area contributed by atoms with Crippen LogP contribution in [-0.2, 0) is 0 Å². The fourth-order valence-corrected chi connectivity index (χ4v) is 4.97. The molecule has 0 radical (unpaired) electrons. The molecule has 0 unspecified atom stereocenters. The summed E-state index contributed by atoms with van der Waals surface area (Å²) in [6.07, 6.45) is 1.81. The first kappa shape index (κ1) is 20.3. The minimum absolute atomic E-state index is 0.0920. The summed E-state index contributed by atoms with van der Waals surface area (Å²) in [6.45, 7) is 4.28. The van der Waals surface area contributed by atoms with Gasteiger partial charge in [0.1, 0.15) is 5.75 Å². The topological polar surface area (TPSA) is 53.3 Å². The Bertz CT molecular complexity index is 1250. The number of hydrogen-bond donors (Lipinski definition) is 2. The Kier molecular flexibility index (Phi) is 5.15. The van der Waals surface area contributed by atoms with Crippen LogP contribution in [0.5, 0.6) is 5.75 Å². The second kappa shape index (κ2) is 8.13. The highest BCUT2D eigenvalue weighted by molar-refractivity contribution is 7.80. The molecule has 2 N–H and O–H groups in total. The van der Waals surface area contributed by atoms with E-state index in [0.717, 1.165) is 28.5 Å². The largest absolute Gasteiger partial charge is 0.508 e. The minimum Gasteiger partial charge on any atom is -0.508 e. The van der Waals surface area contributed by atoms with Gasteiger partial charge in [-0.1, -0.05) is 24.3 Å². The number of rotatable bonds is 4. The number of pyridine rings is 1. The molecule has 2 aromatic carbocycles. The second-order valence-electron chi connectivity index (χ2n) is 8.01. The van der Waals surface area contributed by atoms with Gasteiger partial charge in [-0.05, 0) is 86.2 Å². The number of aromatic hydroxyl groups is 1. The zero-order valence-electron chi connectivity index (χ0n) is 17.9. The van der Waals surface area contributed by atoms with Crippen molar-refractivity contribution >= 4 is 23.0 Å². The molecule has 5 rings (SSSR count). The molecular formula is C26H24N4OS. The Balaban J connectivity index is 1.68. The third-order valence-corrected chi connectivity index (χ3v) is 6.34. The zero-order valence-corrected chi connectivity index (χ0v) is 18.8. The Morgan fingerprint density at radius 2 is 1.62 bits per heavy atom. The van der Waals surface area contributed by atoms with Crippen molar-refractivity contribution < 1.29 is 5.11 Å². The third-order valence-electron chi connectivity index (χ3n) is 6.03. The molecule has 3 heterocycles. The number of phenols is 1. The first-order chi connectivity index (χ1) is 15.5. The van der Waals surface area contributed by atoms with E-state index in [1.807, 2.05) is 42.6 Å². The minimum atomic E-state index is -0.109. The van der Waals surface area contributed by atoms with Crippen LogP contribution >= 0.6 is 12.2 Å². The molecule has 32 heavy (non-hydrogen) atoms. The summed E-state index contributed by atoms with van der Waals surface area (Å²) in [5.74, 6) is 0.229. The van der Waals surface area contributed by atoms with Gasteiger partial charge in [-0.2, -0.15) is 0 Å². The van der Waals surface area contributed by atoms with Crippen LogP contribution in [0.4, 0.5) is 5.69 Å². The predicted octanol–water partition coefficient (Wildman–Crippen LogP) is 5.37. The summed E-state index contributed by atoms with van der Waals surface area (Å²) in [4.78, 5) is 6.76. The van der Waals surface area contributed by atoms with Crippen molar-refractivity contribution in [2.75, 3.05) is 4.90 Å². The number of para-hydroxylation sites is 1. The molecule has 1 fully saturated rings. The van der Waals surface area contributed by atoms with Crippen molar-refractivity contribution in [3.63, 3.8) is 0 Å². The Hall–Kier alpha value is -3.64. The lowest BCUT2D eigenvalue weighted by Crippen LogP contribution is -2.29. The number of aryl methyl sites for hydroxylation is 1. The predicted molar refractivity (Wildman–Crippen MR) is 131 cm³/mol. The number of nitrogens with zero attached hydrogens (tertiary/aromatic N) is 3. The summed E-state index contributed by atoms with van der Waals surface area (Å²) < 4.78 is 2.28. The molecule has 5 nitrogen and oxygen atoms in total. The number of nitrogens with one attached hydrogen (secondary N) is 1. The van der Waals surface area contributed by atoms with Crippen molar-refractivity contribution in [1.82, 2.24) is 14.9 Å². The lowest BCUT2D eigenvalue weighted by Gasteiger charge is -2.28. The van der Waals surface area contributed by atoms with E-state index < -0.39 is 0 Å². The van der Waals surface area contributed by atoms with E-state index >= 15 is 0 Å². The Morgan fingerprint density at radius 1 is 0.906 bits per heavy atom.